The quantitative estimate of drug-likeness (QED) is 0.774. The van der Waals surface area contributed by atoms with Crippen LogP contribution in [0.2, 0.25) is 0 Å². The Balaban J connectivity index is 2.05. The number of carbonyl (C=O) groups excluding carboxylic acids is 1. The summed E-state index contributed by atoms with van der Waals surface area (Å²) in [7, 11) is 0. The van der Waals surface area contributed by atoms with Crippen molar-refractivity contribution in [2.45, 2.75) is 83.5 Å². The second-order valence-corrected chi connectivity index (χ2v) is 8.40. The number of amides is 1. The summed E-state index contributed by atoms with van der Waals surface area (Å²) in [5.74, 6) is -0.959. The Bertz CT molecular complexity index is 478. The van der Waals surface area contributed by atoms with Crippen molar-refractivity contribution in [2.24, 2.45) is 0 Å². The summed E-state index contributed by atoms with van der Waals surface area (Å²) >= 11 is 0. The molecule has 26 heavy (non-hydrogen) atoms. The number of carboxylic acids is 1. The van der Waals surface area contributed by atoms with E-state index in [0.717, 1.165) is 51.9 Å². The van der Waals surface area contributed by atoms with E-state index >= 15 is 0 Å². The number of nitrogens with zero attached hydrogens (tertiary/aromatic N) is 2. The van der Waals surface area contributed by atoms with Gasteiger partial charge in [-0.15, -0.1) is 0 Å². The van der Waals surface area contributed by atoms with Crippen LogP contribution in [0, 0.1) is 0 Å². The lowest BCUT2D eigenvalue weighted by Crippen LogP contribution is -2.56. The highest BCUT2D eigenvalue weighted by Crippen LogP contribution is 2.26. The molecule has 2 rings (SSSR count). The second kappa shape index (κ2) is 9.04. The summed E-state index contributed by atoms with van der Waals surface area (Å²) in [5, 5.41) is 13.0. The van der Waals surface area contributed by atoms with Crippen molar-refractivity contribution in [3.8, 4) is 0 Å². The molecule has 1 amide bonds. The molecule has 0 radical (unpaired) electrons. The number of ether oxygens (including phenoxy) is 1. The van der Waals surface area contributed by atoms with Gasteiger partial charge in [0.05, 0.1) is 0 Å². The van der Waals surface area contributed by atoms with E-state index in [1.807, 2.05) is 20.8 Å². The smallest absolute Gasteiger partial charge is 0.411 e. The Morgan fingerprint density at radius 1 is 1.19 bits per heavy atom. The predicted octanol–water partition coefficient (Wildman–Crippen LogP) is 2.30. The maximum absolute atomic E-state index is 12.8. The van der Waals surface area contributed by atoms with Gasteiger partial charge in [0, 0.05) is 25.2 Å². The van der Waals surface area contributed by atoms with Crippen molar-refractivity contribution in [1.82, 2.24) is 15.1 Å². The van der Waals surface area contributed by atoms with Crippen molar-refractivity contribution in [3.63, 3.8) is 0 Å². The summed E-state index contributed by atoms with van der Waals surface area (Å²) < 4.78 is 5.53. The molecule has 0 aromatic heterocycles. The van der Waals surface area contributed by atoms with E-state index in [9.17, 15) is 14.7 Å². The van der Waals surface area contributed by atoms with Gasteiger partial charge in [-0.25, -0.2) is 9.59 Å². The lowest BCUT2D eigenvalue weighted by atomic mass is 9.96. The van der Waals surface area contributed by atoms with Crippen LogP contribution in [0.15, 0.2) is 0 Å². The van der Waals surface area contributed by atoms with E-state index in [2.05, 4.69) is 10.2 Å². The molecule has 0 aromatic rings. The number of likely N-dealkylation sites (tertiary alicyclic amines) is 1. The number of piperidine rings is 2. The van der Waals surface area contributed by atoms with Gasteiger partial charge in [0.2, 0.25) is 0 Å². The highest BCUT2D eigenvalue weighted by atomic mass is 16.6. The minimum atomic E-state index is -0.959. The topological polar surface area (TPSA) is 82.1 Å². The van der Waals surface area contributed by atoms with Gasteiger partial charge >= 0.3 is 12.1 Å². The zero-order valence-corrected chi connectivity index (χ0v) is 16.7. The molecule has 0 spiro atoms. The van der Waals surface area contributed by atoms with Gasteiger partial charge in [-0.3, -0.25) is 4.90 Å². The minimum absolute atomic E-state index is 0.0798. The number of nitrogens with one attached hydrogen (secondary N) is 1. The molecule has 2 aliphatic rings. The molecule has 0 aliphatic carbocycles. The number of carboxylic acid groups (broad SMARTS) is 1. The van der Waals surface area contributed by atoms with Gasteiger partial charge in [0.15, 0.2) is 0 Å². The lowest BCUT2D eigenvalue weighted by molar-refractivity contribution is -0.144. The molecule has 0 bridgehead atoms. The van der Waals surface area contributed by atoms with E-state index in [-0.39, 0.29) is 6.04 Å². The summed E-state index contributed by atoms with van der Waals surface area (Å²) in [6.45, 7) is 11.2. The van der Waals surface area contributed by atoms with Crippen LogP contribution in [0.25, 0.3) is 0 Å². The molecule has 0 saturated carbocycles. The average Bonchev–Trinajstić information content (AvgIpc) is 2.58. The zero-order valence-electron chi connectivity index (χ0n) is 16.7. The number of rotatable bonds is 5. The Hall–Kier alpha value is -1.34. The van der Waals surface area contributed by atoms with Gasteiger partial charge in [0.1, 0.15) is 11.6 Å². The Kier molecular flexibility index (Phi) is 7.29. The number of carbonyl (C=O) groups is 2. The van der Waals surface area contributed by atoms with Crippen LogP contribution in [0.5, 0.6) is 0 Å². The van der Waals surface area contributed by atoms with Gasteiger partial charge < -0.3 is 20.1 Å². The van der Waals surface area contributed by atoms with Crippen molar-refractivity contribution in [3.05, 3.63) is 0 Å². The first-order valence-corrected chi connectivity index (χ1v) is 9.91. The molecule has 2 fully saturated rings. The van der Waals surface area contributed by atoms with E-state index in [0.29, 0.717) is 12.5 Å². The SMILES string of the molecule is CCC(C(=O)O)N(C(=O)OC(C)(C)C)C1CCN(C2CCNCC2)CC1. The lowest BCUT2D eigenvalue weighted by Gasteiger charge is -2.44. The highest BCUT2D eigenvalue weighted by molar-refractivity contribution is 5.80. The third-order valence-electron chi connectivity index (χ3n) is 5.33. The Morgan fingerprint density at radius 3 is 2.23 bits per heavy atom. The molecule has 150 valence electrons. The van der Waals surface area contributed by atoms with Crippen molar-refractivity contribution in [2.75, 3.05) is 26.2 Å². The van der Waals surface area contributed by atoms with Crippen LogP contribution in [0.1, 0.15) is 59.8 Å². The number of hydrogen-bond acceptors (Lipinski definition) is 5. The third-order valence-corrected chi connectivity index (χ3v) is 5.33. The zero-order chi connectivity index (χ0) is 19.3. The van der Waals surface area contributed by atoms with E-state index in [1.165, 1.54) is 4.90 Å². The molecule has 2 N–H and O–H groups in total. The van der Waals surface area contributed by atoms with Crippen LogP contribution >= 0.6 is 0 Å². The van der Waals surface area contributed by atoms with Crippen molar-refractivity contribution >= 4 is 12.1 Å². The first kappa shape index (κ1) is 21.0. The Morgan fingerprint density at radius 2 is 1.77 bits per heavy atom. The molecule has 0 aromatic carbocycles. The monoisotopic (exact) mass is 369 g/mol. The van der Waals surface area contributed by atoms with E-state index < -0.39 is 23.7 Å². The molecule has 1 atom stereocenters. The third kappa shape index (κ3) is 5.58. The fourth-order valence-corrected chi connectivity index (χ4v) is 4.04. The first-order valence-electron chi connectivity index (χ1n) is 9.91. The number of hydrogen-bond donors (Lipinski definition) is 2. The normalized spacial score (nSPS) is 22.0. The van der Waals surface area contributed by atoms with Crippen LogP contribution in [-0.2, 0) is 9.53 Å². The largest absolute Gasteiger partial charge is 0.480 e. The minimum Gasteiger partial charge on any atom is -0.480 e. The fraction of sp³-hybridized carbons (Fsp3) is 0.895. The standard InChI is InChI=1S/C19H35N3O4/c1-5-16(17(23)24)22(18(25)26-19(2,3)4)15-8-12-21(13-9-15)14-6-10-20-11-7-14/h14-16,20H,5-13H2,1-4H3,(H,23,24). The summed E-state index contributed by atoms with van der Waals surface area (Å²) in [6.07, 6.45) is 3.79. The van der Waals surface area contributed by atoms with Gasteiger partial charge in [-0.05, 0) is 66.0 Å². The molecular formula is C19H35N3O4. The second-order valence-electron chi connectivity index (χ2n) is 8.40. The molecule has 2 heterocycles. The molecule has 1 unspecified atom stereocenters. The van der Waals surface area contributed by atoms with Crippen LogP contribution in [-0.4, -0.2) is 76.9 Å². The summed E-state index contributed by atoms with van der Waals surface area (Å²) in [5.41, 5.74) is -0.637. The molecule has 2 aliphatic heterocycles. The summed E-state index contributed by atoms with van der Waals surface area (Å²) in [6, 6.07) is -0.308. The van der Waals surface area contributed by atoms with Crippen LogP contribution in [0.4, 0.5) is 4.79 Å². The predicted molar refractivity (Wildman–Crippen MR) is 100 cm³/mol. The molecular weight excluding hydrogens is 334 g/mol. The van der Waals surface area contributed by atoms with Crippen molar-refractivity contribution in [1.29, 1.82) is 0 Å². The fourth-order valence-electron chi connectivity index (χ4n) is 4.04. The maximum atomic E-state index is 12.8. The molecule has 7 heteroatoms. The van der Waals surface area contributed by atoms with E-state index in [1.54, 1.807) is 6.92 Å². The first-order chi connectivity index (χ1) is 12.2. The van der Waals surface area contributed by atoms with Crippen LogP contribution < -0.4 is 5.32 Å². The van der Waals surface area contributed by atoms with Crippen LogP contribution in [0.3, 0.4) is 0 Å². The van der Waals surface area contributed by atoms with Gasteiger partial charge in [-0.1, -0.05) is 6.92 Å². The summed E-state index contributed by atoms with van der Waals surface area (Å²) in [4.78, 5) is 28.5. The Labute approximate surface area is 157 Å². The average molecular weight is 370 g/mol. The maximum Gasteiger partial charge on any atom is 0.411 e. The molecule has 7 nitrogen and oxygen atoms in total. The van der Waals surface area contributed by atoms with E-state index in [4.69, 9.17) is 4.74 Å². The highest BCUT2D eigenvalue weighted by Gasteiger charge is 2.39. The van der Waals surface area contributed by atoms with Gasteiger partial charge in [0.25, 0.3) is 0 Å². The van der Waals surface area contributed by atoms with Crippen molar-refractivity contribution < 1.29 is 19.4 Å². The van der Waals surface area contributed by atoms with Gasteiger partial charge in [-0.2, -0.15) is 0 Å². The number of aliphatic carboxylic acids is 1. The molecule has 2 saturated heterocycles.